The van der Waals surface area contributed by atoms with E-state index in [9.17, 15) is 8.42 Å². The van der Waals surface area contributed by atoms with E-state index >= 15 is 0 Å². The molecule has 0 aliphatic rings. The number of rotatable bonds is 4. The highest BCUT2D eigenvalue weighted by Crippen LogP contribution is 2.28. The van der Waals surface area contributed by atoms with Gasteiger partial charge >= 0.3 is 0 Å². The molecule has 1 unspecified atom stereocenters. The van der Waals surface area contributed by atoms with Crippen molar-refractivity contribution in [2.24, 2.45) is 0 Å². The van der Waals surface area contributed by atoms with Crippen molar-refractivity contribution in [2.45, 2.75) is 17.9 Å². The Kier molecular flexibility index (Phi) is 4.08. The van der Waals surface area contributed by atoms with Gasteiger partial charge in [-0.1, -0.05) is 12.1 Å². The average molecular weight is 295 g/mol. The van der Waals surface area contributed by atoms with Crippen LogP contribution >= 0.6 is 11.3 Å². The van der Waals surface area contributed by atoms with Gasteiger partial charge in [0.1, 0.15) is 0 Å². The Hall–Kier alpha value is -1.17. The topological polar surface area (TPSA) is 46.2 Å². The van der Waals surface area contributed by atoms with Crippen molar-refractivity contribution in [2.75, 3.05) is 13.3 Å². The van der Waals surface area contributed by atoms with Crippen molar-refractivity contribution >= 4 is 21.2 Å². The molecule has 1 N–H and O–H groups in total. The van der Waals surface area contributed by atoms with Gasteiger partial charge < -0.3 is 5.32 Å². The zero-order valence-corrected chi connectivity index (χ0v) is 12.8. The molecular weight excluding hydrogens is 278 g/mol. The SMILES string of the molecule is CNC(c1cccc(S(C)(=O)=O)c1)c1ccsc1C. The highest BCUT2D eigenvalue weighted by atomic mass is 32.2. The summed E-state index contributed by atoms with van der Waals surface area (Å²) in [6.07, 6.45) is 1.23. The van der Waals surface area contributed by atoms with Crippen molar-refractivity contribution in [1.29, 1.82) is 0 Å². The Bertz CT molecular complexity index is 674. The zero-order chi connectivity index (χ0) is 14.0. The number of benzene rings is 1. The first-order valence-electron chi connectivity index (χ1n) is 5.94. The standard InChI is InChI=1S/C14H17NO2S2/c1-10-13(7-8-18-10)14(15-2)11-5-4-6-12(9-11)19(3,16)17/h4-9,14-15H,1-3H3. The molecule has 19 heavy (non-hydrogen) atoms. The second-order valence-corrected chi connectivity index (χ2v) is 7.63. The number of sulfone groups is 1. The number of hydrogen-bond donors (Lipinski definition) is 1. The largest absolute Gasteiger partial charge is 0.309 e. The van der Waals surface area contributed by atoms with Gasteiger partial charge in [-0.25, -0.2) is 8.42 Å². The van der Waals surface area contributed by atoms with Crippen LogP contribution in [0.4, 0.5) is 0 Å². The molecule has 1 atom stereocenters. The van der Waals surface area contributed by atoms with E-state index in [0.29, 0.717) is 4.90 Å². The van der Waals surface area contributed by atoms with Gasteiger partial charge in [0.05, 0.1) is 10.9 Å². The van der Waals surface area contributed by atoms with Crippen LogP contribution in [0.2, 0.25) is 0 Å². The average Bonchev–Trinajstić information content (AvgIpc) is 2.76. The minimum Gasteiger partial charge on any atom is -0.309 e. The van der Waals surface area contributed by atoms with Crippen LogP contribution in [-0.2, 0) is 9.84 Å². The van der Waals surface area contributed by atoms with Gasteiger partial charge in [0, 0.05) is 11.1 Å². The van der Waals surface area contributed by atoms with Crippen molar-refractivity contribution in [3.05, 3.63) is 51.7 Å². The summed E-state index contributed by atoms with van der Waals surface area (Å²) >= 11 is 1.69. The number of aryl methyl sites for hydroxylation is 1. The van der Waals surface area contributed by atoms with E-state index in [4.69, 9.17) is 0 Å². The quantitative estimate of drug-likeness (QED) is 0.943. The molecule has 0 aliphatic heterocycles. The van der Waals surface area contributed by atoms with E-state index in [1.54, 1.807) is 29.5 Å². The summed E-state index contributed by atoms with van der Waals surface area (Å²) in [6, 6.07) is 9.21. The molecule has 0 saturated heterocycles. The van der Waals surface area contributed by atoms with Crippen molar-refractivity contribution in [1.82, 2.24) is 5.32 Å². The molecule has 1 aromatic heterocycles. The van der Waals surface area contributed by atoms with E-state index in [2.05, 4.69) is 23.7 Å². The van der Waals surface area contributed by atoms with Crippen molar-refractivity contribution in [3.8, 4) is 0 Å². The molecule has 0 bridgehead atoms. The molecule has 2 rings (SSSR count). The minimum atomic E-state index is -3.17. The molecular formula is C14H17NO2S2. The lowest BCUT2D eigenvalue weighted by molar-refractivity contribution is 0.601. The Balaban J connectivity index is 2.48. The Morgan fingerprint density at radius 1 is 1.26 bits per heavy atom. The van der Waals surface area contributed by atoms with Crippen LogP contribution in [0.25, 0.3) is 0 Å². The maximum absolute atomic E-state index is 11.6. The number of hydrogen-bond acceptors (Lipinski definition) is 4. The van der Waals surface area contributed by atoms with Crippen LogP contribution in [0.3, 0.4) is 0 Å². The van der Waals surface area contributed by atoms with Crippen LogP contribution in [0.1, 0.15) is 22.0 Å². The van der Waals surface area contributed by atoms with Gasteiger partial charge in [-0.2, -0.15) is 0 Å². The molecule has 102 valence electrons. The van der Waals surface area contributed by atoms with Crippen molar-refractivity contribution in [3.63, 3.8) is 0 Å². The molecule has 5 heteroatoms. The highest BCUT2D eigenvalue weighted by Gasteiger charge is 2.17. The molecule has 1 heterocycles. The number of thiophene rings is 1. The second kappa shape index (κ2) is 5.45. The van der Waals surface area contributed by atoms with Gasteiger partial charge in [-0.05, 0) is 48.7 Å². The van der Waals surface area contributed by atoms with E-state index < -0.39 is 9.84 Å². The third kappa shape index (κ3) is 3.05. The fourth-order valence-electron chi connectivity index (χ4n) is 2.12. The molecule has 0 saturated carbocycles. The predicted molar refractivity (Wildman–Crippen MR) is 79.5 cm³/mol. The van der Waals surface area contributed by atoms with Crippen LogP contribution in [0.15, 0.2) is 40.6 Å². The second-order valence-electron chi connectivity index (χ2n) is 4.50. The fourth-order valence-corrected chi connectivity index (χ4v) is 3.54. The summed E-state index contributed by atoms with van der Waals surface area (Å²) in [6.45, 7) is 2.07. The molecule has 2 aromatic rings. The Labute approximate surface area is 118 Å². The van der Waals surface area contributed by atoms with E-state index in [0.717, 1.165) is 5.56 Å². The maximum Gasteiger partial charge on any atom is 0.175 e. The first-order chi connectivity index (χ1) is 8.93. The van der Waals surface area contributed by atoms with Gasteiger partial charge in [0.25, 0.3) is 0 Å². The lowest BCUT2D eigenvalue weighted by Crippen LogP contribution is -2.18. The van der Waals surface area contributed by atoms with E-state index in [1.807, 2.05) is 13.1 Å². The summed E-state index contributed by atoms with van der Waals surface area (Å²) in [7, 11) is -1.29. The van der Waals surface area contributed by atoms with Crippen LogP contribution in [0, 0.1) is 6.92 Å². The maximum atomic E-state index is 11.6. The fraction of sp³-hybridized carbons (Fsp3) is 0.286. The lowest BCUT2D eigenvalue weighted by Gasteiger charge is -2.17. The minimum absolute atomic E-state index is 0.0212. The first-order valence-corrected chi connectivity index (χ1v) is 8.72. The van der Waals surface area contributed by atoms with Crippen molar-refractivity contribution < 1.29 is 8.42 Å². The molecule has 1 aromatic carbocycles. The summed E-state index contributed by atoms with van der Waals surface area (Å²) in [5, 5.41) is 5.30. The highest BCUT2D eigenvalue weighted by molar-refractivity contribution is 7.90. The third-order valence-corrected chi connectivity index (χ3v) is 5.09. The van der Waals surface area contributed by atoms with Crippen LogP contribution in [0.5, 0.6) is 0 Å². The van der Waals surface area contributed by atoms with E-state index in [-0.39, 0.29) is 6.04 Å². The zero-order valence-electron chi connectivity index (χ0n) is 11.2. The third-order valence-electron chi connectivity index (χ3n) is 3.12. The summed E-state index contributed by atoms with van der Waals surface area (Å²) in [4.78, 5) is 1.60. The van der Waals surface area contributed by atoms with Gasteiger partial charge in [0.15, 0.2) is 9.84 Å². The first kappa shape index (κ1) is 14.2. The van der Waals surface area contributed by atoms with E-state index in [1.165, 1.54) is 16.7 Å². The normalized spacial score (nSPS) is 13.4. The summed E-state index contributed by atoms with van der Waals surface area (Å²) in [5.74, 6) is 0. The Morgan fingerprint density at radius 2 is 2.00 bits per heavy atom. The van der Waals surface area contributed by atoms with Crippen LogP contribution in [-0.4, -0.2) is 21.7 Å². The lowest BCUT2D eigenvalue weighted by atomic mass is 10.00. The molecule has 0 aliphatic carbocycles. The van der Waals surface area contributed by atoms with Gasteiger partial charge in [-0.3, -0.25) is 0 Å². The number of nitrogens with one attached hydrogen (secondary N) is 1. The monoisotopic (exact) mass is 295 g/mol. The predicted octanol–water partition coefficient (Wildman–Crippen LogP) is 2.77. The summed E-state index contributed by atoms with van der Waals surface area (Å²) in [5.41, 5.74) is 2.16. The molecule has 0 fully saturated rings. The molecule has 0 spiro atoms. The van der Waals surface area contributed by atoms with Gasteiger partial charge in [-0.15, -0.1) is 11.3 Å². The van der Waals surface area contributed by atoms with Gasteiger partial charge in [0.2, 0.25) is 0 Å². The smallest absolute Gasteiger partial charge is 0.175 e. The molecule has 3 nitrogen and oxygen atoms in total. The summed E-state index contributed by atoms with van der Waals surface area (Å²) < 4.78 is 23.3. The molecule has 0 radical (unpaired) electrons. The van der Waals surface area contributed by atoms with Crippen LogP contribution < -0.4 is 5.32 Å². The molecule has 0 amide bonds. The Morgan fingerprint density at radius 3 is 2.53 bits per heavy atom.